The molecule has 1 aliphatic heterocycles. The average molecular weight is 413 g/mol. The minimum absolute atomic E-state index is 0.169. The molecule has 1 heterocycles. The van der Waals surface area contributed by atoms with Crippen LogP contribution in [-0.2, 0) is 14.8 Å². The van der Waals surface area contributed by atoms with Gasteiger partial charge in [-0.1, -0.05) is 18.6 Å². The van der Waals surface area contributed by atoms with Gasteiger partial charge in [-0.15, -0.1) is 0 Å². The molecule has 0 aromatic heterocycles. The lowest BCUT2D eigenvalue weighted by Crippen LogP contribution is -2.35. The number of benzene rings is 2. The number of piperidine rings is 1. The zero-order valence-corrected chi connectivity index (χ0v) is 17.0. The molecule has 0 bridgehead atoms. The van der Waals surface area contributed by atoms with Crippen LogP contribution in [0.1, 0.15) is 30.4 Å². The maximum atomic E-state index is 12.9. The molecule has 1 saturated heterocycles. The van der Waals surface area contributed by atoms with Crippen LogP contribution in [-0.4, -0.2) is 38.3 Å². The molecule has 2 aromatic carbocycles. The molecule has 0 aliphatic carbocycles. The number of amides is 1. The van der Waals surface area contributed by atoms with E-state index in [0.29, 0.717) is 30.1 Å². The standard InChI is InChI=1S/C21H23N3O4S/c1-16-8-9-19(29(26,27)24-10-3-2-4-11-24)13-20(16)23-21(25)15-28-18-7-5-6-17(12-18)14-22/h5-9,12-13H,2-4,10-11,15H2,1H3,(H,23,25). The molecule has 1 N–H and O–H groups in total. The van der Waals surface area contributed by atoms with E-state index in [0.717, 1.165) is 24.8 Å². The van der Waals surface area contributed by atoms with Gasteiger partial charge in [0.1, 0.15) is 5.75 Å². The van der Waals surface area contributed by atoms with Crippen molar-refractivity contribution in [2.45, 2.75) is 31.1 Å². The van der Waals surface area contributed by atoms with Gasteiger partial charge in [-0.2, -0.15) is 9.57 Å². The van der Waals surface area contributed by atoms with Gasteiger partial charge < -0.3 is 10.1 Å². The summed E-state index contributed by atoms with van der Waals surface area (Å²) in [7, 11) is -3.58. The summed E-state index contributed by atoms with van der Waals surface area (Å²) in [6, 6.07) is 13.3. The molecule has 8 heteroatoms. The third-order valence-electron chi connectivity index (χ3n) is 4.77. The second-order valence-corrected chi connectivity index (χ2v) is 8.86. The van der Waals surface area contributed by atoms with Crippen molar-refractivity contribution in [1.29, 1.82) is 5.26 Å². The fraction of sp³-hybridized carbons (Fsp3) is 0.333. The highest BCUT2D eigenvalue weighted by atomic mass is 32.2. The van der Waals surface area contributed by atoms with Gasteiger partial charge in [-0.3, -0.25) is 4.79 Å². The predicted molar refractivity (Wildman–Crippen MR) is 109 cm³/mol. The molecule has 1 fully saturated rings. The smallest absolute Gasteiger partial charge is 0.262 e. The van der Waals surface area contributed by atoms with Gasteiger partial charge >= 0.3 is 0 Å². The Labute approximate surface area is 171 Å². The minimum atomic E-state index is -3.58. The van der Waals surface area contributed by atoms with Crippen LogP contribution in [0.5, 0.6) is 5.75 Å². The highest BCUT2D eigenvalue weighted by molar-refractivity contribution is 7.89. The van der Waals surface area contributed by atoms with E-state index < -0.39 is 15.9 Å². The zero-order valence-electron chi connectivity index (χ0n) is 16.2. The number of hydrogen-bond acceptors (Lipinski definition) is 5. The van der Waals surface area contributed by atoms with Crippen LogP contribution in [0.15, 0.2) is 47.4 Å². The lowest BCUT2D eigenvalue weighted by molar-refractivity contribution is -0.118. The monoisotopic (exact) mass is 413 g/mol. The predicted octanol–water partition coefficient (Wildman–Crippen LogP) is 3.06. The molecule has 29 heavy (non-hydrogen) atoms. The van der Waals surface area contributed by atoms with Crippen LogP contribution in [0.2, 0.25) is 0 Å². The first-order valence-electron chi connectivity index (χ1n) is 9.44. The highest BCUT2D eigenvalue weighted by Gasteiger charge is 2.26. The molecule has 0 spiro atoms. The lowest BCUT2D eigenvalue weighted by atomic mass is 10.2. The fourth-order valence-electron chi connectivity index (χ4n) is 3.14. The lowest BCUT2D eigenvalue weighted by Gasteiger charge is -2.26. The first kappa shape index (κ1) is 20.8. The number of hydrogen-bond donors (Lipinski definition) is 1. The normalized spacial score (nSPS) is 14.8. The molecule has 2 aromatic rings. The zero-order chi connectivity index (χ0) is 20.9. The summed E-state index contributed by atoms with van der Waals surface area (Å²) >= 11 is 0. The van der Waals surface area contributed by atoms with E-state index in [4.69, 9.17) is 10.00 Å². The van der Waals surface area contributed by atoms with Crippen LogP contribution < -0.4 is 10.1 Å². The van der Waals surface area contributed by atoms with Gasteiger partial charge in [0.25, 0.3) is 5.91 Å². The van der Waals surface area contributed by atoms with E-state index >= 15 is 0 Å². The van der Waals surface area contributed by atoms with Crippen molar-refractivity contribution in [3.8, 4) is 11.8 Å². The Kier molecular flexibility index (Phi) is 6.52. The van der Waals surface area contributed by atoms with Crippen LogP contribution in [0.4, 0.5) is 5.69 Å². The molecule has 1 amide bonds. The minimum Gasteiger partial charge on any atom is -0.484 e. The number of carbonyl (C=O) groups is 1. The number of nitrogens with one attached hydrogen (secondary N) is 1. The summed E-state index contributed by atoms with van der Waals surface area (Å²) in [5.41, 5.74) is 1.62. The number of nitrogens with zero attached hydrogens (tertiary/aromatic N) is 2. The molecule has 0 unspecified atom stereocenters. The van der Waals surface area contributed by atoms with Crippen molar-refractivity contribution in [3.63, 3.8) is 0 Å². The SMILES string of the molecule is Cc1ccc(S(=O)(=O)N2CCCCC2)cc1NC(=O)COc1cccc(C#N)c1. The molecular weight excluding hydrogens is 390 g/mol. The Morgan fingerprint density at radius 3 is 2.66 bits per heavy atom. The maximum Gasteiger partial charge on any atom is 0.262 e. The third-order valence-corrected chi connectivity index (χ3v) is 6.66. The topological polar surface area (TPSA) is 99.5 Å². The van der Waals surface area contributed by atoms with Crippen molar-refractivity contribution >= 4 is 21.6 Å². The highest BCUT2D eigenvalue weighted by Crippen LogP contribution is 2.25. The molecular formula is C21H23N3O4S. The molecule has 152 valence electrons. The van der Waals surface area contributed by atoms with Crippen LogP contribution >= 0.6 is 0 Å². The molecule has 0 atom stereocenters. The maximum absolute atomic E-state index is 12.9. The van der Waals surface area contributed by atoms with Crippen LogP contribution in [0.25, 0.3) is 0 Å². The number of anilines is 1. The number of carbonyl (C=O) groups excluding carboxylic acids is 1. The van der Waals surface area contributed by atoms with E-state index in [1.54, 1.807) is 43.3 Å². The Hall–Kier alpha value is -2.89. The van der Waals surface area contributed by atoms with Crippen molar-refractivity contribution in [1.82, 2.24) is 4.31 Å². The quantitative estimate of drug-likeness (QED) is 0.785. The summed E-state index contributed by atoms with van der Waals surface area (Å²) < 4.78 is 32.7. The average Bonchev–Trinajstić information content (AvgIpc) is 2.74. The summed E-state index contributed by atoms with van der Waals surface area (Å²) in [6.45, 7) is 2.59. The Morgan fingerprint density at radius 1 is 1.17 bits per heavy atom. The van der Waals surface area contributed by atoms with Crippen molar-refractivity contribution < 1.29 is 17.9 Å². The molecule has 1 aliphatic rings. The number of nitriles is 1. The molecule has 3 rings (SSSR count). The first-order valence-corrected chi connectivity index (χ1v) is 10.9. The Morgan fingerprint density at radius 2 is 1.93 bits per heavy atom. The number of sulfonamides is 1. The van der Waals surface area contributed by atoms with E-state index in [1.807, 2.05) is 6.07 Å². The number of ether oxygens (including phenoxy) is 1. The van der Waals surface area contributed by atoms with Gasteiger partial charge in [0.05, 0.1) is 16.5 Å². The summed E-state index contributed by atoms with van der Waals surface area (Å²) in [4.78, 5) is 12.5. The Balaban J connectivity index is 1.69. The second kappa shape index (κ2) is 9.07. The largest absolute Gasteiger partial charge is 0.484 e. The van der Waals surface area contributed by atoms with Crippen molar-refractivity contribution in [3.05, 3.63) is 53.6 Å². The van der Waals surface area contributed by atoms with E-state index in [1.165, 1.54) is 10.4 Å². The molecule has 0 saturated carbocycles. The third kappa shape index (κ3) is 5.13. The molecule has 0 radical (unpaired) electrons. The summed E-state index contributed by atoms with van der Waals surface area (Å²) in [6.07, 6.45) is 2.76. The summed E-state index contributed by atoms with van der Waals surface area (Å²) in [5, 5.41) is 11.6. The summed E-state index contributed by atoms with van der Waals surface area (Å²) in [5.74, 6) is 0.000306. The van der Waals surface area contributed by atoms with Gasteiger partial charge in [0, 0.05) is 18.8 Å². The van der Waals surface area contributed by atoms with E-state index in [-0.39, 0.29) is 11.5 Å². The first-order chi connectivity index (χ1) is 13.9. The second-order valence-electron chi connectivity index (χ2n) is 6.92. The van der Waals surface area contributed by atoms with Gasteiger partial charge in [0.2, 0.25) is 10.0 Å². The van der Waals surface area contributed by atoms with E-state index in [9.17, 15) is 13.2 Å². The number of rotatable bonds is 6. The molecule has 7 nitrogen and oxygen atoms in total. The van der Waals surface area contributed by atoms with Gasteiger partial charge in [-0.05, 0) is 55.7 Å². The van der Waals surface area contributed by atoms with Gasteiger partial charge in [-0.25, -0.2) is 8.42 Å². The number of aryl methyl sites for hydroxylation is 1. The van der Waals surface area contributed by atoms with E-state index in [2.05, 4.69) is 5.32 Å². The van der Waals surface area contributed by atoms with Gasteiger partial charge in [0.15, 0.2) is 6.61 Å². The Bertz CT molecular complexity index is 1040. The van der Waals surface area contributed by atoms with Crippen LogP contribution in [0, 0.1) is 18.3 Å². The van der Waals surface area contributed by atoms with Crippen molar-refractivity contribution in [2.24, 2.45) is 0 Å². The van der Waals surface area contributed by atoms with Crippen LogP contribution in [0.3, 0.4) is 0 Å². The fourth-order valence-corrected chi connectivity index (χ4v) is 4.69. The van der Waals surface area contributed by atoms with Crippen molar-refractivity contribution in [2.75, 3.05) is 25.0 Å².